The molecular formula is C23H54O5Si2. The summed E-state index contributed by atoms with van der Waals surface area (Å²) in [4.78, 5) is 0. The Morgan fingerprint density at radius 3 is 0.967 bits per heavy atom. The summed E-state index contributed by atoms with van der Waals surface area (Å²) in [6.07, 6.45) is 19.4. The van der Waals surface area contributed by atoms with Crippen LogP contribution < -0.4 is 0 Å². The molecule has 0 aromatic heterocycles. The molecule has 0 aliphatic carbocycles. The van der Waals surface area contributed by atoms with Crippen LogP contribution in [0, 0.1) is 0 Å². The highest BCUT2D eigenvalue weighted by atomic mass is 28.4. The van der Waals surface area contributed by atoms with Gasteiger partial charge in [0.1, 0.15) is 0 Å². The average molecular weight is 467 g/mol. The van der Waals surface area contributed by atoms with E-state index in [1.807, 2.05) is 13.1 Å². The van der Waals surface area contributed by atoms with Gasteiger partial charge in [-0.15, -0.1) is 0 Å². The monoisotopic (exact) mass is 466 g/mol. The Kier molecular flexibility index (Phi) is 24.2. The van der Waals surface area contributed by atoms with Crippen LogP contribution in [0.1, 0.15) is 96.8 Å². The lowest BCUT2D eigenvalue weighted by Gasteiger charge is -2.24. The summed E-state index contributed by atoms with van der Waals surface area (Å²) >= 11 is 0. The Morgan fingerprint density at radius 2 is 0.733 bits per heavy atom. The van der Waals surface area contributed by atoms with E-state index in [2.05, 4.69) is 6.92 Å². The first-order valence-corrected chi connectivity index (χ1v) is 16.9. The molecule has 0 saturated carbocycles. The molecule has 0 atom stereocenters. The van der Waals surface area contributed by atoms with E-state index in [4.69, 9.17) is 22.1 Å². The van der Waals surface area contributed by atoms with Crippen molar-refractivity contribution >= 4 is 17.4 Å². The first kappa shape index (κ1) is 32.4. The Morgan fingerprint density at radius 1 is 0.433 bits per heavy atom. The lowest BCUT2D eigenvalue weighted by atomic mass is 10.0. The molecule has 5 nitrogen and oxygen atoms in total. The van der Waals surface area contributed by atoms with Crippen molar-refractivity contribution in [1.29, 1.82) is 0 Å². The van der Waals surface area contributed by atoms with Gasteiger partial charge in [0.15, 0.2) is 0 Å². The number of hydrogen-bond donors (Lipinski definition) is 0. The second-order valence-corrected chi connectivity index (χ2v) is 15.2. The molecule has 0 aromatic rings. The maximum absolute atomic E-state index is 5.44. The van der Waals surface area contributed by atoms with Crippen molar-refractivity contribution in [2.75, 3.05) is 35.5 Å². The summed E-state index contributed by atoms with van der Waals surface area (Å²) in [5, 5.41) is 0. The molecule has 0 spiro atoms. The lowest BCUT2D eigenvalue weighted by Crippen LogP contribution is -2.42. The van der Waals surface area contributed by atoms with Gasteiger partial charge in [-0.1, -0.05) is 90.4 Å². The van der Waals surface area contributed by atoms with Gasteiger partial charge in [-0.05, 0) is 19.5 Å². The molecule has 0 rings (SSSR count). The molecule has 0 bridgehead atoms. The topological polar surface area (TPSA) is 46.2 Å². The van der Waals surface area contributed by atoms with Crippen LogP contribution in [-0.4, -0.2) is 52.9 Å². The van der Waals surface area contributed by atoms with Crippen LogP contribution in [0.25, 0.3) is 0 Å². The lowest BCUT2D eigenvalue weighted by molar-refractivity contribution is 0.122. The molecule has 0 amide bonds. The second-order valence-electron chi connectivity index (χ2n) is 8.45. The molecule has 0 radical (unpaired) electrons. The summed E-state index contributed by atoms with van der Waals surface area (Å²) in [6, 6.07) is 0.939. The third-order valence-electron chi connectivity index (χ3n) is 5.75. The fourth-order valence-electron chi connectivity index (χ4n) is 3.18. The quantitative estimate of drug-likeness (QED) is 0.139. The van der Waals surface area contributed by atoms with Gasteiger partial charge in [0, 0.05) is 41.6 Å². The van der Waals surface area contributed by atoms with E-state index in [0.717, 1.165) is 12.5 Å². The van der Waals surface area contributed by atoms with Crippen molar-refractivity contribution in [2.24, 2.45) is 0 Å². The minimum absolute atomic E-state index is 0.939. The molecule has 0 saturated heterocycles. The second kappa shape index (κ2) is 22.4. The Hall–Kier alpha value is 0.234. The smallest absolute Gasteiger partial charge is 0.398 e. The predicted octanol–water partition coefficient (Wildman–Crippen LogP) is 7.33. The predicted molar refractivity (Wildman–Crippen MR) is 133 cm³/mol. The van der Waals surface area contributed by atoms with E-state index in [1.54, 1.807) is 35.5 Å². The van der Waals surface area contributed by atoms with E-state index in [0.29, 0.717) is 0 Å². The Balaban J connectivity index is 0. The van der Waals surface area contributed by atoms with Crippen LogP contribution in [0.5, 0.6) is 0 Å². The Labute approximate surface area is 191 Å². The van der Waals surface area contributed by atoms with Crippen molar-refractivity contribution < 1.29 is 22.1 Å². The maximum Gasteiger partial charge on any atom is 0.500 e. The molecule has 7 heteroatoms. The summed E-state index contributed by atoms with van der Waals surface area (Å²) in [5.74, 6) is 0. The highest BCUT2D eigenvalue weighted by molar-refractivity contribution is 6.64. The zero-order valence-electron chi connectivity index (χ0n) is 21.6. The third kappa shape index (κ3) is 20.2. The first-order valence-electron chi connectivity index (χ1n) is 12.1. The highest BCUT2D eigenvalue weighted by Crippen LogP contribution is 2.18. The molecule has 0 heterocycles. The zero-order chi connectivity index (χ0) is 23.1. The largest absolute Gasteiger partial charge is 0.500 e. The first-order chi connectivity index (χ1) is 14.4. The van der Waals surface area contributed by atoms with Gasteiger partial charge in [-0.25, -0.2) is 0 Å². The molecule has 0 N–H and O–H groups in total. The van der Waals surface area contributed by atoms with Crippen LogP contribution in [-0.2, 0) is 22.1 Å². The maximum atomic E-state index is 5.44. The summed E-state index contributed by atoms with van der Waals surface area (Å²) in [7, 11) is 4.47. The fraction of sp³-hybridized carbons (Fsp3) is 1.00. The van der Waals surface area contributed by atoms with Gasteiger partial charge in [-0.2, -0.15) is 0 Å². The highest BCUT2D eigenvalue weighted by Gasteiger charge is 2.36. The molecule has 0 unspecified atom stereocenters. The molecule has 0 aromatic carbocycles. The van der Waals surface area contributed by atoms with Crippen molar-refractivity contribution in [3.8, 4) is 0 Å². The molecule has 184 valence electrons. The van der Waals surface area contributed by atoms with Gasteiger partial charge in [0.25, 0.3) is 0 Å². The SMILES string of the molecule is CCCCCCCCCCCCCCCC[Si](OC)(OC)OC.CO[Si](C)(C)OC. The molecule has 0 aliphatic heterocycles. The van der Waals surface area contributed by atoms with E-state index in [1.165, 1.54) is 83.5 Å². The Bertz CT molecular complexity index is 325. The van der Waals surface area contributed by atoms with Crippen molar-refractivity contribution in [1.82, 2.24) is 0 Å². The number of hydrogen-bond acceptors (Lipinski definition) is 5. The van der Waals surface area contributed by atoms with Crippen molar-refractivity contribution in [2.45, 2.75) is 116 Å². The summed E-state index contributed by atoms with van der Waals surface area (Å²) in [5.41, 5.74) is 0. The number of rotatable bonds is 20. The number of unbranched alkanes of at least 4 members (excludes halogenated alkanes) is 13. The minimum atomic E-state index is -2.32. The molecular weight excluding hydrogens is 412 g/mol. The van der Waals surface area contributed by atoms with Crippen LogP contribution in [0.4, 0.5) is 0 Å². The average Bonchev–Trinajstić information content (AvgIpc) is 2.77. The molecule has 0 fully saturated rings. The fourth-order valence-corrected chi connectivity index (χ4v) is 5.14. The zero-order valence-corrected chi connectivity index (χ0v) is 23.6. The minimum Gasteiger partial charge on any atom is -0.398 e. The van der Waals surface area contributed by atoms with Crippen LogP contribution >= 0.6 is 0 Å². The normalized spacial score (nSPS) is 12.0. The van der Waals surface area contributed by atoms with Crippen molar-refractivity contribution in [3.05, 3.63) is 0 Å². The van der Waals surface area contributed by atoms with E-state index in [9.17, 15) is 0 Å². The van der Waals surface area contributed by atoms with Crippen LogP contribution in [0.3, 0.4) is 0 Å². The molecule has 0 aliphatic rings. The summed E-state index contributed by atoms with van der Waals surface area (Å²) in [6.45, 7) is 6.27. The third-order valence-corrected chi connectivity index (χ3v) is 10.6. The van der Waals surface area contributed by atoms with E-state index < -0.39 is 17.4 Å². The van der Waals surface area contributed by atoms with E-state index >= 15 is 0 Å². The standard InChI is InChI=1S/C19H42O3Si.C4H12O2Si/c1-5-6-7-8-9-10-11-12-13-14-15-16-17-18-19-23(20-2,21-3)22-4;1-5-7(3,4)6-2/h5-19H2,1-4H3;1-4H3. The van der Waals surface area contributed by atoms with Crippen LogP contribution in [0.15, 0.2) is 0 Å². The van der Waals surface area contributed by atoms with Gasteiger partial charge in [0.2, 0.25) is 0 Å². The van der Waals surface area contributed by atoms with Gasteiger partial charge in [0.05, 0.1) is 0 Å². The van der Waals surface area contributed by atoms with Gasteiger partial charge in [-0.3, -0.25) is 0 Å². The molecule has 30 heavy (non-hydrogen) atoms. The van der Waals surface area contributed by atoms with Gasteiger partial charge < -0.3 is 22.1 Å². The van der Waals surface area contributed by atoms with Gasteiger partial charge >= 0.3 is 17.4 Å². The van der Waals surface area contributed by atoms with Crippen molar-refractivity contribution in [3.63, 3.8) is 0 Å². The van der Waals surface area contributed by atoms with E-state index in [-0.39, 0.29) is 0 Å². The van der Waals surface area contributed by atoms with Crippen LogP contribution in [0.2, 0.25) is 19.1 Å². The summed E-state index contributed by atoms with van der Waals surface area (Å²) < 4.78 is 26.3.